The largest absolute Gasteiger partial charge is 0.353 e. The van der Waals surface area contributed by atoms with Crippen molar-refractivity contribution in [3.63, 3.8) is 0 Å². The van der Waals surface area contributed by atoms with Crippen LogP contribution in [0.2, 0.25) is 0 Å². The molecule has 0 unspecified atom stereocenters. The third-order valence-corrected chi connectivity index (χ3v) is 5.95. The molecule has 1 aliphatic heterocycles. The number of benzene rings is 1. The number of hydrogen-bond acceptors (Lipinski definition) is 6. The lowest BCUT2D eigenvalue weighted by Gasteiger charge is -2.35. The predicted octanol–water partition coefficient (Wildman–Crippen LogP) is 2.80. The van der Waals surface area contributed by atoms with Crippen LogP contribution in [0.4, 0.5) is 5.82 Å². The zero-order valence-corrected chi connectivity index (χ0v) is 17.3. The average Bonchev–Trinajstić information content (AvgIpc) is 3.21. The summed E-state index contributed by atoms with van der Waals surface area (Å²) in [5.41, 5.74) is 1.03. The van der Waals surface area contributed by atoms with Crippen molar-refractivity contribution in [1.82, 2.24) is 24.6 Å². The van der Waals surface area contributed by atoms with E-state index in [1.165, 1.54) is 11.8 Å². The van der Waals surface area contributed by atoms with E-state index in [2.05, 4.69) is 31.6 Å². The summed E-state index contributed by atoms with van der Waals surface area (Å²) in [5.74, 6) is 2.32. The fraction of sp³-hybridized carbons (Fsp3) is 0.333. The topological polar surface area (TPSA) is 67.2 Å². The number of hydrogen-bond donors (Lipinski definition) is 0. The van der Waals surface area contributed by atoms with Crippen molar-refractivity contribution >= 4 is 23.5 Å². The maximum atomic E-state index is 12.7. The summed E-state index contributed by atoms with van der Waals surface area (Å²) in [5, 5.41) is 9.45. The summed E-state index contributed by atoms with van der Waals surface area (Å²) in [7, 11) is 0. The number of carbonyl (C=O) groups is 1. The Labute approximate surface area is 174 Å². The van der Waals surface area contributed by atoms with Gasteiger partial charge in [-0.2, -0.15) is 0 Å². The number of pyridine rings is 1. The Kier molecular flexibility index (Phi) is 6.09. The van der Waals surface area contributed by atoms with Crippen molar-refractivity contribution in [2.24, 2.45) is 0 Å². The van der Waals surface area contributed by atoms with E-state index in [4.69, 9.17) is 0 Å². The molecule has 3 aromatic rings. The maximum Gasteiger partial charge on any atom is 0.233 e. The van der Waals surface area contributed by atoms with E-state index in [9.17, 15) is 4.79 Å². The van der Waals surface area contributed by atoms with Gasteiger partial charge in [0, 0.05) is 44.5 Å². The molecule has 0 saturated carbocycles. The Hall–Kier alpha value is -2.87. The standard InChI is InChI=1S/C21H24N6OS/c1-2-27-20(17-8-4-3-5-9-17)23-24-21(27)29-16-19(28)26-14-12-25(13-15-26)18-10-6-7-11-22-18/h3-11H,2,12-16H2,1H3. The molecule has 1 fully saturated rings. The minimum Gasteiger partial charge on any atom is -0.353 e. The van der Waals surface area contributed by atoms with Gasteiger partial charge in [-0.15, -0.1) is 10.2 Å². The highest BCUT2D eigenvalue weighted by atomic mass is 32.2. The van der Waals surface area contributed by atoms with E-state index in [-0.39, 0.29) is 5.91 Å². The zero-order valence-electron chi connectivity index (χ0n) is 16.4. The molecule has 3 heterocycles. The molecule has 0 atom stereocenters. The predicted molar refractivity (Wildman–Crippen MR) is 115 cm³/mol. The van der Waals surface area contributed by atoms with Crippen molar-refractivity contribution in [2.45, 2.75) is 18.6 Å². The van der Waals surface area contributed by atoms with E-state index in [1.54, 1.807) is 6.20 Å². The number of nitrogens with zero attached hydrogens (tertiary/aromatic N) is 6. The maximum absolute atomic E-state index is 12.7. The van der Waals surface area contributed by atoms with Crippen LogP contribution in [-0.4, -0.2) is 62.5 Å². The molecule has 29 heavy (non-hydrogen) atoms. The molecule has 1 aliphatic rings. The summed E-state index contributed by atoms with van der Waals surface area (Å²) in [6, 6.07) is 15.9. The number of aromatic nitrogens is 4. The molecule has 8 heteroatoms. The number of rotatable bonds is 6. The quantitative estimate of drug-likeness (QED) is 0.585. The molecule has 150 valence electrons. The van der Waals surface area contributed by atoms with E-state index in [1.807, 2.05) is 53.4 Å². The first kappa shape index (κ1) is 19.4. The molecular formula is C21H24N6OS. The summed E-state index contributed by atoms with van der Waals surface area (Å²) < 4.78 is 2.06. The van der Waals surface area contributed by atoms with Crippen LogP contribution < -0.4 is 4.90 Å². The highest BCUT2D eigenvalue weighted by molar-refractivity contribution is 7.99. The average molecular weight is 409 g/mol. The van der Waals surface area contributed by atoms with Crippen LogP contribution in [0.25, 0.3) is 11.4 Å². The normalized spacial score (nSPS) is 14.2. The minimum absolute atomic E-state index is 0.141. The monoisotopic (exact) mass is 408 g/mol. The van der Waals surface area contributed by atoms with Crippen molar-refractivity contribution in [2.75, 3.05) is 36.8 Å². The third-order valence-electron chi connectivity index (χ3n) is 5.00. The highest BCUT2D eigenvalue weighted by Crippen LogP contribution is 2.24. The van der Waals surface area contributed by atoms with E-state index in [0.717, 1.165) is 42.0 Å². The zero-order chi connectivity index (χ0) is 20.1. The number of amides is 1. The number of anilines is 1. The first-order chi connectivity index (χ1) is 14.3. The second-order valence-electron chi connectivity index (χ2n) is 6.76. The van der Waals surface area contributed by atoms with E-state index >= 15 is 0 Å². The highest BCUT2D eigenvalue weighted by Gasteiger charge is 2.23. The lowest BCUT2D eigenvalue weighted by molar-refractivity contribution is -0.128. The Bertz CT molecular complexity index is 938. The summed E-state index contributed by atoms with van der Waals surface area (Å²) >= 11 is 1.46. The molecule has 0 radical (unpaired) electrons. The number of piperazine rings is 1. The van der Waals surface area contributed by atoms with Crippen molar-refractivity contribution in [3.05, 3.63) is 54.7 Å². The molecule has 2 aromatic heterocycles. The first-order valence-electron chi connectivity index (χ1n) is 9.81. The SMILES string of the molecule is CCn1c(SCC(=O)N2CCN(c3ccccn3)CC2)nnc1-c1ccccc1. The van der Waals surface area contributed by atoms with Gasteiger partial charge >= 0.3 is 0 Å². The Morgan fingerprint density at radius 3 is 2.45 bits per heavy atom. The molecule has 0 bridgehead atoms. The van der Waals surface area contributed by atoms with Crippen molar-refractivity contribution in [1.29, 1.82) is 0 Å². The van der Waals surface area contributed by atoms with Crippen LogP contribution in [0.5, 0.6) is 0 Å². The molecule has 4 rings (SSSR count). The minimum atomic E-state index is 0.141. The van der Waals surface area contributed by atoms with E-state index < -0.39 is 0 Å². The van der Waals surface area contributed by atoms with Crippen LogP contribution in [0.15, 0.2) is 59.9 Å². The molecule has 0 spiro atoms. The van der Waals surface area contributed by atoms with Gasteiger partial charge in [0.25, 0.3) is 0 Å². The van der Waals surface area contributed by atoms with Crippen LogP contribution in [0, 0.1) is 0 Å². The van der Waals surface area contributed by atoms with Gasteiger partial charge in [-0.05, 0) is 19.1 Å². The summed E-state index contributed by atoms with van der Waals surface area (Å²) in [6.45, 7) is 5.86. The molecular weight excluding hydrogens is 384 g/mol. The van der Waals surface area contributed by atoms with Gasteiger partial charge in [-0.3, -0.25) is 4.79 Å². The Morgan fingerprint density at radius 2 is 1.76 bits per heavy atom. The lowest BCUT2D eigenvalue weighted by atomic mass is 10.2. The Morgan fingerprint density at radius 1 is 1.00 bits per heavy atom. The second-order valence-corrected chi connectivity index (χ2v) is 7.70. The molecule has 0 N–H and O–H groups in total. The molecule has 7 nitrogen and oxygen atoms in total. The smallest absolute Gasteiger partial charge is 0.233 e. The van der Waals surface area contributed by atoms with Crippen LogP contribution in [0.3, 0.4) is 0 Å². The lowest BCUT2D eigenvalue weighted by Crippen LogP contribution is -2.49. The Balaban J connectivity index is 1.34. The van der Waals surface area contributed by atoms with E-state index in [0.29, 0.717) is 18.8 Å². The van der Waals surface area contributed by atoms with Gasteiger partial charge < -0.3 is 14.4 Å². The second kappa shape index (κ2) is 9.09. The molecule has 1 aromatic carbocycles. The first-order valence-corrected chi connectivity index (χ1v) is 10.8. The number of thioether (sulfide) groups is 1. The van der Waals surface area contributed by atoms with Crippen LogP contribution in [0.1, 0.15) is 6.92 Å². The van der Waals surface area contributed by atoms with Crippen molar-refractivity contribution < 1.29 is 4.79 Å². The fourth-order valence-corrected chi connectivity index (χ4v) is 4.33. The van der Waals surface area contributed by atoms with Crippen LogP contribution in [-0.2, 0) is 11.3 Å². The van der Waals surface area contributed by atoms with Gasteiger partial charge in [-0.25, -0.2) is 4.98 Å². The van der Waals surface area contributed by atoms with Crippen LogP contribution >= 0.6 is 11.8 Å². The number of carbonyl (C=O) groups excluding carboxylic acids is 1. The molecule has 0 aliphatic carbocycles. The summed E-state index contributed by atoms with van der Waals surface area (Å²) in [6.07, 6.45) is 1.80. The molecule has 1 amide bonds. The fourth-order valence-electron chi connectivity index (χ4n) is 3.42. The summed E-state index contributed by atoms with van der Waals surface area (Å²) in [4.78, 5) is 21.2. The third kappa shape index (κ3) is 4.42. The van der Waals surface area contributed by atoms with Gasteiger partial charge in [0.1, 0.15) is 5.82 Å². The van der Waals surface area contributed by atoms with Gasteiger partial charge in [0.15, 0.2) is 11.0 Å². The van der Waals surface area contributed by atoms with Gasteiger partial charge in [0.2, 0.25) is 5.91 Å². The molecule has 1 saturated heterocycles. The van der Waals surface area contributed by atoms with Crippen molar-refractivity contribution in [3.8, 4) is 11.4 Å². The van der Waals surface area contributed by atoms with Gasteiger partial charge in [0.05, 0.1) is 5.75 Å². The van der Waals surface area contributed by atoms with Gasteiger partial charge in [-0.1, -0.05) is 48.2 Å².